The quantitative estimate of drug-likeness (QED) is 0.385. The Bertz CT molecular complexity index is 721. The number of aromatic hydroxyl groups is 3. The Kier molecular flexibility index (Phi) is 3.66. The molecule has 0 fully saturated rings. The average Bonchev–Trinajstić information content (AvgIpc) is 2.43. The lowest BCUT2D eigenvalue weighted by molar-refractivity contribution is 0.0680. The van der Waals surface area contributed by atoms with Crippen molar-refractivity contribution in [1.29, 1.82) is 0 Å². The topological polar surface area (TPSA) is 124 Å². The van der Waals surface area contributed by atoms with Crippen LogP contribution < -0.4 is 4.74 Å². The minimum atomic E-state index is -1.38. The Balaban J connectivity index is 2.34. The van der Waals surface area contributed by atoms with Gasteiger partial charge in [0.25, 0.3) is 0 Å². The van der Waals surface area contributed by atoms with Crippen LogP contribution >= 0.6 is 0 Å². The molecule has 0 spiro atoms. The molecule has 0 aromatic heterocycles. The van der Waals surface area contributed by atoms with Crippen LogP contribution in [-0.2, 0) is 0 Å². The summed E-state index contributed by atoms with van der Waals surface area (Å²) in [4.78, 5) is 22.7. The van der Waals surface area contributed by atoms with Crippen LogP contribution in [0.5, 0.6) is 23.0 Å². The van der Waals surface area contributed by atoms with Crippen LogP contribution in [0.2, 0.25) is 0 Å². The summed E-state index contributed by atoms with van der Waals surface area (Å²) in [6.45, 7) is 0. The second kappa shape index (κ2) is 5.41. The molecule has 2 aromatic rings. The smallest absolute Gasteiger partial charge is 0.347 e. The summed E-state index contributed by atoms with van der Waals surface area (Å²) >= 11 is 0. The number of rotatable bonds is 3. The van der Waals surface area contributed by atoms with Gasteiger partial charge in [-0.1, -0.05) is 12.1 Å². The van der Waals surface area contributed by atoms with Crippen molar-refractivity contribution in [2.75, 3.05) is 0 Å². The third-order valence-corrected chi connectivity index (χ3v) is 2.67. The van der Waals surface area contributed by atoms with E-state index in [0.717, 1.165) is 6.07 Å². The van der Waals surface area contributed by atoms with Crippen LogP contribution in [0, 0.1) is 0 Å². The van der Waals surface area contributed by atoms with Crippen LogP contribution in [0.4, 0.5) is 0 Å². The maximum Gasteiger partial charge on any atom is 0.347 e. The van der Waals surface area contributed by atoms with E-state index in [4.69, 9.17) is 9.84 Å². The summed E-state index contributed by atoms with van der Waals surface area (Å²) in [5.74, 6) is -4.70. The maximum atomic E-state index is 11.9. The molecule has 2 rings (SSSR count). The number of carbonyl (C=O) groups is 2. The van der Waals surface area contributed by atoms with Gasteiger partial charge < -0.3 is 25.2 Å². The number of hydrogen-bond donors (Lipinski definition) is 4. The highest BCUT2D eigenvalue weighted by molar-refractivity contribution is 5.96. The lowest BCUT2D eigenvalue weighted by atomic mass is 10.1. The van der Waals surface area contributed by atoms with Crippen molar-refractivity contribution in [2.24, 2.45) is 0 Å². The standard InChI is InChI=1S/C14H10O7/c15-9-5-1-4-8(11(9)16)14(20)21-10-6-2-3-7(12(10)17)13(18)19/h1-6,15-17H,(H,18,19). The van der Waals surface area contributed by atoms with Crippen LogP contribution in [0.15, 0.2) is 36.4 Å². The summed E-state index contributed by atoms with van der Waals surface area (Å²) in [7, 11) is 0. The highest BCUT2D eigenvalue weighted by Crippen LogP contribution is 2.33. The summed E-state index contributed by atoms with van der Waals surface area (Å²) in [6.07, 6.45) is 0. The number of carbonyl (C=O) groups excluding carboxylic acids is 1. The number of carboxylic acid groups (broad SMARTS) is 1. The van der Waals surface area contributed by atoms with Crippen LogP contribution in [0.25, 0.3) is 0 Å². The molecule has 0 bridgehead atoms. The zero-order valence-corrected chi connectivity index (χ0v) is 10.5. The second-order valence-corrected chi connectivity index (χ2v) is 4.02. The number of para-hydroxylation sites is 2. The maximum absolute atomic E-state index is 11.9. The number of phenolic OH excluding ortho intramolecular Hbond substituents is 2. The molecule has 0 unspecified atom stereocenters. The van der Waals surface area contributed by atoms with E-state index in [-0.39, 0.29) is 11.3 Å². The van der Waals surface area contributed by atoms with Crippen LogP contribution in [-0.4, -0.2) is 32.4 Å². The van der Waals surface area contributed by atoms with Crippen molar-refractivity contribution in [1.82, 2.24) is 0 Å². The Morgan fingerprint density at radius 2 is 1.48 bits per heavy atom. The number of carboxylic acids is 1. The molecule has 108 valence electrons. The number of aromatic carboxylic acids is 1. The first-order valence-corrected chi connectivity index (χ1v) is 5.70. The van der Waals surface area contributed by atoms with E-state index in [9.17, 15) is 24.9 Å². The zero-order valence-electron chi connectivity index (χ0n) is 10.5. The molecule has 0 aliphatic heterocycles. The number of benzene rings is 2. The van der Waals surface area contributed by atoms with Gasteiger partial charge in [0.2, 0.25) is 0 Å². The van der Waals surface area contributed by atoms with Crippen LogP contribution in [0.1, 0.15) is 20.7 Å². The molecule has 2 aromatic carbocycles. The van der Waals surface area contributed by atoms with E-state index >= 15 is 0 Å². The summed E-state index contributed by atoms with van der Waals surface area (Å²) in [6, 6.07) is 7.32. The van der Waals surface area contributed by atoms with Gasteiger partial charge in [-0.2, -0.15) is 0 Å². The Labute approximate surface area is 118 Å². The Morgan fingerprint density at radius 3 is 2.14 bits per heavy atom. The first kappa shape index (κ1) is 14.2. The molecular weight excluding hydrogens is 280 g/mol. The molecule has 0 amide bonds. The minimum absolute atomic E-state index is 0.324. The number of esters is 1. The predicted molar refractivity (Wildman–Crippen MR) is 69.8 cm³/mol. The fourth-order valence-electron chi connectivity index (χ4n) is 1.63. The largest absolute Gasteiger partial charge is 0.504 e. The lowest BCUT2D eigenvalue weighted by Gasteiger charge is -2.09. The molecule has 0 saturated carbocycles. The van der Waals surface area contributed by atoms with E-state index < -0.39 is 34.8 Å². The molecule has 0 radical (unpaired) electrons. The van der Waals surface area contributed by atoms with Crippen molar-refractivity contribution in [3.8, 4) is 23.0 Å². The third kappa shape index (κ3) is 2.71. The third-order valence-electron chi connectivity index (χ3n) is 2.67. The summed E-state index contributed by atoms with van der Waals surface area (Å²) in [5, 5.41) is 37.4. The number of hydrogen-bond acceptors (Lipinski definition) is 6. The molecule has 4 N–H and O–H groups in total. The van der Waals surface area contributed by atoms with E-state index in [1.807, 2.05) is 0 Å². The lowest BCUT2D eigenvalue weighted by Crippen LogP contribution is -2.09. The monoisotopic (exact) mass is 290 g/mol. The van der Waals surface area contributed by atoms with Gasteiger partial charge in [0.15, 0.2) is 23.0 Å². The first-order chi connectivity index (χ1) is 9.91. The zero-order chi connectivity index (χ0) is 15.6. The highest BCUT2D eigenvalue weighted by Gasteiger charge is 2.20. The first-order valence-electron chi connectivity index (χ1n) is 5.70. The van der Waals surface area contributed by atoms with Crippen molar-refractivity contribution < 1.29 is 34.8 Å². The summed E-state index contributed by atoms with van der Waals surface area (Å²) < 4.78 is 4.83. The van der Waals surface area contributed by atoms with Crippen molar-refractivity contribution in [3.63, 3.8) is 0 Å². The van der Waals surface area contributed by atoms with Gasteiger partial charge in [0, 0.05) is 0 Å². The summed E-state index contributed by atoms with van der Waals surface area (Å²) in [5.41, 5.74) is -0.754. The Morgan fingerprint density at radius 1 is 0.857 bits per heavy atom. The van der Waals surface area contributed by atoms with E-state index in [1.165, 1.54) is 30.3 Å². The van der Waals surface area contributed by atoms with Gasteiger partial charge in [-0.25, -0.2) is 9.59 Å². The van der Waals surface area contributed by atoms with Gasteiger partial charge in [-0.3, -0.25) is 0 Å². The van der Waals surface area contributed by atoms with E-state index in [0.29, 0.717) is 0 Å². The number of phenols is 3. The SMILES string of the molecule is O=C(Oc1cccc(C(=O)O)c1O)c1cccc(O)c1O. The Hall–Kier alpha value is -3.22. The van der Waals surface area contributed by atoms with Gasteiger partial charge in [0.1, 0.15) is 11.1 Å². The molecule has 0 aliphatic carbocycles. The van der Waals surface area contributed by atoms with Crippen molar-refractivity contribution in [2.45, 2.75) is 0 Å². The second-order valence-electron chi connectivity index (χ2n) is 4.02. The average molecular weight is 290 g/mol. The molecular formula is C14H10O7. The molecule has 7 nitrogen and oxygen atoms in total. The van der Waals surface area contributed by atoms with E-state index in [1.54, 1.807) is 0 Å². The fourth-order valence-corrected chi connectivity index (χ4v) is 1.63. The number of ether oxygens (including phenoxy) is 1. The molecule has 0 atom stereocenters. The molecule has 21 heavy (non-hydrogen) atoms. The normalized spacial score (nSPS) is 10.1. The molecule has 7 heteroatoms. The molecule has 0 saturated heterocycles. The van der Waals surface area contributed by atoms with Crippen molar-refractivity contribution in [3.05, 3.63) is 47.5 Å². The van der Waals surface area contributed by atoms with Gasteiger partial charge in [0.05, 0.1) is 0 Å². The predicted octanol–water partition coefficient (Wildman–Crippen LogP) is 1.72. The van der Waals surface area contributed by atoms with Crippen molar-refractivity contribution >= 4 is 11.9 Å². The molecule has 0 aliphatic rings. The van der Waals surface area contributed by atoms with E-state index in [2.05, 4.69) is 0 Å². The van der Waals surface area contributed by atoms with Gasteiger partial charge >= 0.3 is 11.9 Å². The minimum Gasteiger partial charge on any atom is -0.504 e. The van der Waals surface area contributed by atoms with Crippen LogP contribution in [0.3, 0.4) is 0 Å². The van der Waals surface area contributed by atoms with Gasteiger partial charge in [-0.15, -0.1) is 0 Å². The molecule has 0 heterocycles. The van der Waals surface area contributed by atoms with Gasteiger partial charge in [-0.05, 0) is 24.3 Å². The fraction of sp³-hybridized carbons (Fsp3) is 0. The highest BCUT2D eigenvalue weighted by atomic mass is 16.5.